The largest absolute Gasteiger partial charge is 0.324 e. The zero-order valence-electron chi connectivity index (χ0n) is 9.95. The van der Waals surface area contributed by atoms with Crippen LogP contribution in [0.2, 0.25) is 10.0 Å². The number of rotatable bonds is 2. The number of imidazole rings is 1. The molecule has 3 nitrogen and oxygen atoms in total. The number of fused-ring (bicyclic) bond motifs is 1. The number of halogens is 4. The number of para-hydroxylation sites is 1. The molecule has 2 N–H and O–H groups in total. The van der Waals surface area contributed by atoms with Gasteiger partial charge in [0.1, 0.15) is 5.82 Å². The second kappa shape index (κ2) is 5.87. The van der Waals surface area contributed by atoms with E-state index in [4.69, 9.17) is 23.2 Å². The molecular weight excluding hydrogens is 324 g/mol. The van der Waals surface area contributed by atoms with Gasteiger partial charge in [0.15, 0.2) is 0 Å². The van der Waals surface area contributed by atoms with Crippen molar-refractivity contribution in [2.24, 2.45) is 0 Å². The highest BCUT2D eigenvalue weighted by molar-refractivity contribution is 6.39. The van der Waals surface area contributed by atoms with Crippen LogP contribution in [0.5, 0.6) is 0 Å². The third-order valence-electron chi connectivity index (χ3n) is 2.65. The number of nitrogens with zero attached hydrogens (tertiary/aromatic N) is 1. The van der Waals surface area contributed by atoms with E-state index in [9.17, 15) is 4.39 Å². The topological polar surface area (TPSA) is 40.7 Å². The number of aromatic amines is 1. The maximum absolute atomic E-state index is 13.1. The molecule has 1 aromatic heterocycles. The maximum Gasteiger partial charge on any atom is 0.205 e. The van der Waals surface area contributed by atoms with Crippen molar-refractivity contribution in [2.75, 3.05) is 5.32 Å². The monoisotopic (exact) mass is 331 g/mol. The van der Waals surface area contributed by atoms with E-state index in [1.54, 1.807) is 24.3 Å². The molecule has 0 unspecified atom stereocenters. The van der Waals surface area contributed by atoms with Gasteiger partial charge >= 0.3 is 0 Å². The van der Waals surface area contributed by atoms with E-state index in [0.717, 1.165) is 0 Å². The van der Waals surface area contributed by atoms with Gasteiger partial charge in [0.25, 0.3) is 0 Å². The van der Waals surface area contributed by atoms with Crippen LogP contribution in [-0.4, -0.2) is 9.97 Å². The minimum Gasteiger partial charge on any atom is -0.324 e. The molecule has 0 bridgehead atoms. The van der Waals surface area contributed by atoms with Crippen molar-refractivity contribution in [1.29, 1.82) is 0 Å². The van der Waals surface area contributed by atoms with Crippen LogP contribution in [0, 0.1) is 5.82 Å². The third kappa shape index (κ3) is 2.82. The van der Waals surface area contributed by atoms with E-state index in [1.165, 1.54) is 12.1 Å². The highest BCUT2D eigenvalue weighted by atomic mass is 35.5. The summed E-state index contributed by atoms with van der Waals surface area (Å²) in [5, 5.41) is 3.97. The number of hydrogen-bond donors (Lipinski definition) is 2. The third-order valence-corrected chi connectivity index (χ3v) is 3.28. The first kappa shape index (κ1) is 14.9. The molecule has 0 saturated carbocycles. The van der Waals surface area contributed by atoms with E-state index in [-0.39, 0.29) is 18.2 Å². The van der Waals surface area contributed by atoms with Crippen molar-refractivity contribution in [1.82, 2.24) is 9.97 Å². The first-order valence-corrected chi connectivity index (χ1v) is 6.25. The standard InChI is InChI=1S/C13H8Cl2FN3.ClH/c14-8-2-1-3-9(15)12(8)19-13-17-10-5-4-7(16)6-11(10)18-13;/h1-6H,(H2,17,18,19);1H. The van der Waals surface area contributed by atoms with Gasteiger partial charge in [-0.15, -0.1) is 12.4 Å². The molecule has 0 atom stereocenters. The van der Waals surface area contributed by atoms with Crippen LogP contribution in [0.25, 0.3) is 11.0 Å². The molecule has 3 rings (SSSR count). The summed E-state index contributed by atoms with van der Waals surface area (Å²) in [4.78, 5) is 7.24. The number of anilines is 2. The molecular formula is C13H9Cl3FN3. The summed E-state index contributed by atoms with van der Waals surface area (Å²) in [5.41, 5.74) is 1.82. The van der Waals surface area contributed by atoms with Gasteiger partial charge in [0.2, 0.25) is 5.95 Å². The van der Waals surface area contributed by atoms with Gasteiger partial charge in [0.05, 0.1) is 26.8 Å². The fraction of sp³-hybridized carbons (Fsp3) is 0. The van der Waals surface area contributed by atoms with E-state index in [0.29, 0.717) is 32.7 Å². The summed E-state index contributed by atoms with van der Waals surface area (Å²) in [5.74, 6) is 0.133. The van der Waals surface area contributed by atoms with Gasteiger partial charge in [-0.2, -0.15) is 0 Å². The van der Waals surface area contributed by atoms with Crippen molar-refractivity contribution >= 4 is 58.3 Å². The molecule has 7 heteroatoms. The Balaban J connectivity index is 0.00000147. The lowest BCUT2D eigenvalue weighted by atomic mass is 10.3. The minimum absolute atomic E-state index is 0. The smallest absolute Gasteiger partial charge is 0.205 e. The molecule has 3 aromatic rings. The van der Waals surface area contributed by atoms with Crippen LogP contribution in [0.4, 0.5) is 16.0 Å². The Bertz CT molecular complexity index is 737. The predicted octanol–water partition coefficient (Wildman–Crippen LogP) is 5.17. The van der Waals surface area contributed by atoms with Crippen molar-refractivity contribution < 1.29 is 4.39 Å². The van der Waals surface area contributed by atoms with E-state index >= 15 is 0 Å². The first-order valence-electron chi connectivity index (χ1n) is 5.50. The van der Waals surface area contributed by atoms with E-state index in [1.807, 2.05) is 0 Å². The zero-order valence-corrected chi connectivity index (χ0v) is 12.3. The van der Waals surface area contributed by atoms with Crippen molar-refractivity contribution in [3.05, 3.63) is 52.3 Å². The summed E-state index contributed by atoms with van der Waals surface area (Å²) in [6.45, 7) is 0. The molecule has 0 spiro atoms. The lowest BCUT2D eigenvalue weighted by Gasteiger charge is -2.06. The fourth-order valence-electron chi connectivity index (χ4n) is 1.78. The first-order chi connectivity index (χ1) is 9.13. The average Bonchev–Trinajstić information content (AvgIpc) is 2.75. The Hall–Kier alpha value is -1.49. The van der Waals surface area contributed by atoms with Crippen molar-refractivity contribution in [3.63, 3.8) is 0 Å². The lowest BCUT2D eigenvalue weighted by molar-refractivity contribution is 0.629. The Labute approximate surface area is 130 Å². The molecule has 0 aliphatic heterocycles. The number of H-pyrrole nitrogens is 1. The molecule has 2 aromatic carbocycles. The summed E-state index contributed by atoms with van der Waals surface area (Å²) < 4.78 is 13.1. The normalized spacial score (nSPS) is 10.3. The lowest BCUT2D eigenvalue weighted by Crippen LogP contribution is -1.93. The number of hydrogen-bond acceptors (Lipinski definition) is 2. The Morgan fingerprint density at radius 3 is 2.50 bits per heavy atom. The van der Waals surface area contributed by atoms with Crippen LogP contribution in [0.3, 0.4) is 0 Å². The van der Waals surface area contributed by atoms with Gasteiger partial charge in [-0.25, -0.2) is 9.37 Å². The Kier molecular flexibility index (Phi) is 4.38. The van der Waals surface area contributed by atoms with Gasteiger partial charge in [-0.3, -0.25) is 0 Å². The zero-order chi connectivity index (χ0) is 13.4. The highest BCUT2D eigenvalue weighted by Crippen LogP contribution is 2.32. The Morgan fingerprint density at radius 1 is 1.10 bits per heavy atom. The van der Waals surface area contributed by atoms with Crippen molar-refractivity contribution in [3.8, 4) is 0 Å². The van der Waals surface area contributed by atoms with Crippen LogP contribution < -0.4 is 5.32 Å². The predicted molar refractivity (Wildman–Crippen MR) is 83.0 cm³/mol. The molecule has 0 aliphatic carbocycles. The summed E-state index contributed by atoms with van der Waals surface area (Å²) in [6, 6.07) is 9.53. The SMILES string of the molecule is Cl.Fc1ccc2nc(Nc3c(Cl)cccc3Cl)[nH]c2c1. The Morgan fingerprint density at radius 2 is 1.80 bits per heavy atom. The van der Waals surface area contributed by atoms with Gasteiger partial charge in [-0.05, 0) is 30.3 Å². The van der Waals surface area contributed by atoms with Crippen molar-refractivity contribution in [2.45, 2.75) is 0 Å². The van der Waals surface area contributed by atoms with Crippen LogP contribution >= 0.6 is 35.6 Å². The average molecular weight is 333 g/mol. The van der Waals surface area contributed by atoms with Gasteiger partial charge < -0.3 is 10.3 Å². The molecule has 104 valence electrons. The van der Waals surface area contributed by atoms with Crippen LogP contribution in [-0.2, 0) is 0 Å². The molecule has 0 aliphatic rings. The fourth-order valence-corrected chi connectivity index (χ4v) is 2.27. The van der Waals surface area contributed by atoms with Crippen LogP contribution in [0.15, 0.2) is 36.4 Å². The number of nitrogens with one attached hydrogen (secondary N) is 2. The maximum atomic E-state index is 13.1. The number of benzene rings is 2. The molecule has 1 heterocycles. The quantitative estimate of drug-likeness (QED) is 0.679. The highest BCUT2D eigenvalue weighted by Gasteiger charge is 2.09. The second-order valence-electron chi connectivity index (χ2n) is 3.97. The van der Waals surface area contributed by atoms with Gasteiger partial charge in [0, 0.05) is 0 Å². The molecule has 0 amide bonds. The number of aromatic nitrogens is 2. The van der Waals surface area contributed by atoms with Gasteiger partial charge in [-0.1, -0.05) is 29.3 Å². The molecule has 0 radical (unpaired) electrons. The molecule has 0 saturated heterocycles. The van der Waals surface area contributed by atoms with Crippen LogP contribution in [0.1, 0.15) is 0 Å². The summed E-state index contributed by atoms with van der Waals surface area (Å²) in [6.07, 6.45) is 0. The minimum atomic E-state index is -0.321. The molecule has 20 heavy (non-hydrogen) atoms. The molecule has 0 fully saturated rings. The summed E-state index contributed by atoms with van der Waals surface area (Å²) >= 11 is 12.1. The van der Waals surface area contributed by atoms with E-state index in [2.05, 4.69) is 15.3 Å². The van der Waals surface area contributed by atoms with E-state index < -0.39 is 0 Å². The summed E-state index contributed by atoms with van der Waals surface area (Å²) in [7, 11) is 0. The second-order valence-corrected chi connectivity index (χ2v) is 4.78.